The largest absolute Gasteiger partial charge is 0.496 e. The fraction of sp³-hybridized carbons (Fsp3) is 0.625. The van der Waals surface area contributed by atoms with Crippen LogP contribution in [0, 0.1) is 5.92 Å². The van der Waals surface area contributed by atoms with Gasteiger partial charge in [0.25, 0.3) is 0 Å². The summed E-state index contributed by atoms with van der Waals surface area (Å²) in [5, 5.41) is 3.42. The number of para-hydroxylation sites is 1. The van der Waals surface area contributed by atoms with Gasteiger partial charge in [0.1, 0.15) is 5.75 Å². The van der Waals surface area contributed by atoms with Crippen LogP contribution in [-0.4, -0.2) is 20.2 Å². The first kappa shape index (κ1) is 15.0. The lowest BCUT2D eigenvalue weighted by Crippen LogP contribution is -2.27. The van der Waals surface area contributed by atoms with Crippen molar-refractivity contribution in [3.05, 3.63) is 29.8 Å². The smallest absolute Gasteiger partial charge is 0.122 e. The van der Waals surface area contributed by atoms with Gasteiger partial charge in [0.2, 0.25) is 0 Å². The lowest BCUT2D eigenvalue weighted by Gasteiger charge is -2.18. The average Bonchev–Trinajstić information content (AvgIpc) is 2.37. The number of ether oxygens (including phenoxy) is 1. The zero-order valence-corrected chi connectivity index (χ0v) is 12.2. The third-order valence-electron chi connectivity index (χ3n) is 3.40. The van der Waals surface area contributed by atoms with Gasteiger partial charge >= 0.3 is 0 Å². The van der Waals surface area contributed by atoms with Gasteiger partial charge in [-0.3, -0.25) is 0 Å². The molecule has 0 aromatic heterocycles. The Morgan fingerprint density at radius 1 is 1.17 bits per heavy atom. The third kappa shape index (κ3) is 5.09. The molecule has 1 atom stereocenters. The molecule has 1 N–H and O–H groups in total. The van der Waals surface area contributed by atoms with Crippen LogP contribution >= 0.6 is 0 Å². The Hall–Kier alpha value is -1.02. The van der Waals surface area contributed by atoms with Crippen LogP contribution < -0.4 is 10.1 Å². The average molecular weight is 249 g/mol. The molecule has 0 fully saturated rings. The Morgan fingerprint density at radius 2 is 1.89 bits per heavy atom. The van der Waals surface area contributed by atoms with E-state index in [4.69, 9.17) is 4.74 Å². The summed E-state index contributed by atoms with van der Waals surface area (Å²) < 4.78 is 5.41. The number of nitrogens with one attached hydrogen (secondary N) is 1. The molecule has 2 nitrogen and oxygen atoms in total. The van der Waals surface area contributed by atoms with E-state index in [1.54, 1.807) is 7.11 Å². The van der Waals surface area contributed by atoms with Crippen LogP contribution in [0.15, 0.2) is 24.3 Å². The van der Waals surface area contributed by atoms with E-state index in [9.17, 15) is 0 Å². The summed E-state index contributed by atoms with van der Waals surface area (Å²) >= 11 is 0. The van der Waals surface area contributed by atoms with Crippen molar-refractivity contribution < 1.29 is 4.74 Å². The van der Waals surface area contributed by atoms with Crippen molar-refractivity contribution in [1.29, 1.82) is 0 Å². The van der Waals surface area contributed by atoms with Crippen molar-refractivity contribution in [2.75, 3.05) is 14.2 Å². The predicted octanol–water partition coefficient (Wildman–Crippen LogP) is 3.65. The van der Waals surface area contributed by atoms with Gasteiger partial charge in [-0.05, 0) is 37.4 Å². The highest BCUT2D eigenvalue weighted by Gasteiger charge is 2.10. The first-order valence-electron chi connectivity index (χ1n) is 6.96. The Labute approximate surface area is 112 Å². The standard InChI is InChI=1S/C16H27NO/c1-13(2)8-7-10-15(17-3)12-14-9-5-6-11-16(14)18-4/h5-6,9,11,13,15,17H,7-8,10,12H2,1-4H3. The normalized spacial score (nSPS) is 12.7. The molecule has 0 aliphatic rings. The quantitative estimate of drug-likeness (QED) is 0.759. The molecule has 1 aromatic rings. The topological polar surface area (TPSA) is 21.3 Å². The van der Waals surface area contributed by atoms with Gasteiger partial charge < -0.3 is 10.1 Å². The number of likely N-dealkylation sites (N-methyl/N-ethyl adjacent to an activating group) is 1. The van der Waals surface area contributed by atoms with Crippen LogP contribution in [0.3, 0.4) is 0 Å². The summed E-state index contributed by atoms with van der Waals surface area (Å²) in [5.74, 6) is 1.80. The van der Waals surface area contributed by atoms with Gasteiger partial charge in [0, 0.05) is 6.04 Å². The van der Waals surface area contributed by atoms with E-state index >= 15 is 0 Å². The molecule has 0 amide bonds. The fourth-order valence-electron chi connectivity index (χ4n) is 2.26. The molecular formula is C16H27NO. The van der Waals surface area contributed by atoms with Crippen LogP contribution in [0.1, 0.15) is 38.7 Å². The van der Waals surface area contributed by atoms with Crippen molar-refractivity contribution in [3.63, 3.8) is 0 Å². The maximum absolute atomic E-state index is 5.41. The molecule has 18 heavy (non-hydrogen) atoms. The Bertz CT molecular complexity index is 336. The van der Waals surface area contributed by atoms with Gasteiger partial charge in [-0.15, -0.1) is 0 Å². The third-order valence-corrected chi connectivity index (χ3v) is 3.40. The number of hydrogen-bond acceptors (Lipinski definition) is 2. The van der Waals surface area contributed by atoms with Crippen LogP contribution in [0.2, 0.25) is 0 Å². The van der Waals surface area contributed by atoms with E-state index in [-0.39, 0.29) is 0 Å². The minimum absolute atomic E-state index is 0.542. The molecule has 0 spiro atoms. The van der Waals surface area contributed by atoms with Gasteiger partial charge in [0.15, 0.2) is 0 Å². The zero-order chi connectivity index (χ0) is 13.4. The van der Waals surface area contributed by atoms with Gasteiger partial charge in [-0.2, -0.15) is 0 Å². The fourth-order valence-corrected chi connectivity index (χ4v) is 2.26. The monoisotopic (exact) mass is 249 g/mol. The lowest BCUT2D eigenvalue weighted by atomic mass is 9.98. The summed E-state index contributed by atoms with van der Waals surface area (Å²) in [4.78, 5) is 0. The molecule has 0 aliphatic heterocycles. The van der Waals surface area contributed by atoms with Crippen LogP contribution in [0.25, 0.3) is 0 Å². The molecule has 0 saturated carbocycles. The Balaban J connectivity index is 2.51. The summed E-state index contributed by atoms with van der Waals surface area (Å²) in [6, 6.07) is 8.84. The Morgan fingerprint density at radius 3 is 2.50 bits per heavy atom. The summed E-state index contributed by atoms with van der Waals surface area (Å²) in [6.45, 7) is 4.57. The van der Waals surface area contributed by atoms with Crippen molar-refractivity contribution >= 4 is 0 Å². The molecule has 1 aromatic carbocycles. The molecule has 0 radical (unpaired) electrons. The first-order chi connectivity index (χ1) is 8.67. The molecule has 0 aliphatic carbocycles. The van der Waals surface area contributed by atoms with Crippen molar-refractivity contribution in [1.82, 2.24) is 5.32 Å². The Kier molecular flexibility index (Phi) is 6.81. The van der Waals surface area contributed by atoms with Gasteiger partial charge in [0.05, 0.1) is 7.11 Å². The highest BCUT2D eigenvalue weighted by atomic mass is 16.5. The molecular weight excluding hydrogens is 222 g/mol. The van der Waals surface area contributed by atoms with E-state index in [2.05, 4.69) is 38.3 Å². The molecule has 0 saturated heterocycles. The number of rotatable bonds is 8. The predicted molar refractivity (Wildman–Crippen MR) is 78.2 cm³/mol. The highest BCUT2D eigenvalue weighted by molar-refractivity contribution is 5.33. The lowest BCUT2D eigenvalue weighted by molar-refractivity contribution is 0.401. The van der Waals surface area contributed by atoms with Crippen molar-refractivity contribution in [2.24, 2.45) is 5.92 Å². The minimum Gasteiger partial charge on any atom is -0.496 e. The highest BCUT2D eigenvalue weighted by Crippen LogP contribution is 2.20. The second-order valence-corrected chi connectivity index (χ2v) is 5.33. The van der Waals surface area contributed by atoms with E-state index in [0.29, 0.717) is 6.04 Å². The summed E-state index contributed by atoms with van der Waals surface area (Å²) in [6.07, 6.45) is 4.87. The molecule has 0 bridgehead atoms. The summed E-state index contributed by atoms with van der Waals surface area (Å²) in [7, 11) is 3.79. The number of methoxy groups -OCH3 is 1. The van der Waals surface area contributed by atoms with E-state index < -0.39 is 0 Å². The molecule has 102 valence electrons. The van der Waals surface area contributed by atoms with Crippen LogP contribution in [0.4, 0.5) is 0 Å². The zero-order valence-electron chi connectivity index (χ0n) is 12.2. The molecule has 0 heterocycles. The second-order valence-electron chi connectivity index (χ2n) is 5.33. The molecule has 1 rings (SSSR count). The first-order valence-corrected chi connectivity index (χ1v) is 6.96. The van der Waals surface area contributed by atoms with Gasteiger partial charge in [-0.25, -0.2) is 0 Å². The van der Waals surface area contributed by atoms with Gasteiger partial charge in [-0.1, -0.05) is 44.9 Å². The minimum atomic E-state index is 0.542. The number of benzene rings is 1. The van der Waals surface area contributed by atoms with E-state index in [1.807, 2.05) is 12.1 Å². The van der Waals surface area contributed by atoms with Crippen LogP contribution in [0.5, 0.6) is 5.75 Å². The van der Waals surface area contributed by atoms with E-state index in [0.717, 1.165) is 18.1 Å². The SMILES string of the molecule is CNC(CCCC(C)C)Cc1ccccc1OC. The van der Waals surface area contributed by atoms with Crippen molar-refractivity contribution in [2.45, 2.75) is 45.6 Å². The molecule has 1 unspecified atom stereocenters. The maximum Gasteiger partial charge on any atom is 0.122 e. The summed E-state index contributed by atoms with van der Waals surface area (Å²) in [5.41, 5.74) is 1.30. The maximum atomic E-state index is 5.41. The van der Waals surface area contributed by atoms with Crippen LogP contribution in [-0.2, 0) is 6.42 Å². The number of hydrogen-bond donors (Lipinski definition) is 1. The molecule has 2 heteroatoms. The van der Waals surface area contributed by atoms with Crippen molar-refractivity contribution in [3.8, 4) is 5.75 Å². The van der Waals surface area contributed by atoms with E-state index in [1.165, 1.54) is 24.8 Å². The second kappa shape index (κ2) is 8.15.